The van der Waals surface area contributed by atoms with Crippen LogP contribution in [0, 0.1) is 10.8 Å². The second-order valence-corrected chi connectivity index (χ2v) is 8.21. The molecule has 2 aliphatic rings. The van der Waals surface area contributed by atoms with Crippen molar-refractivity contribution in [1.82, 2.24) is 0 Å². The zero-order valence-corrected chi connectivity index (χ0v) is 14.5. The Bertz CT molecular complexity index is 356. The Balaban J connectivity index is 1.45. The molecule has 0 radical (unpaired) electrons. The predicted octanol–water partition coefficient (Wildman–Crippen LogP) is 4.61. The summed E-state index contributed by atoms with van der Waals surface area (Å²) in [7, 11) is 1.47. The van der Waals surface area contributed by atoms with Crippen LogP contribution in [-0.2, 0) is 9.53 Å². The van der Waals surface area contributed by atoms with Crippen LogP contribution in [0.3, 0.4) is 0 Å². The van der Waals surface area contributed by atoms with Crippen LogP contribution >= 0.6 is 0 Å². The van der Waals surface area contributed by atoms with E-state index >= 15 is 0 Å². The SMILES string of the molecule is COC(=O)CC1(CCCCC(O)CCCCC2(C)CC2)CC1. The maximum atomic E-state index is 11.4. The van der Waals surface area contributed by atoms with Gasteiger partial charge in [0.1, 0.15) is 0 Å². The van der Waals surface area contributed by atoms with E-state index < -0.39 is 0 Å². The normalized spacial score (nSPS) is 22.1. The molecule has 0 aromatic heterocycles. The van der Waals surface area contributed by atoms with Gasteiger partial charge in [-0.05, 0) is 62.2 Å². The summed E-state index contributed by atoms with van der Waals surface area (Å²) in [6.45, 7) is 2.38. The number of carbonyl (C=O) groups is 1. The predicted molar refractivity (Wildman–Crippen MR) is 88.6 cm³/mol. The van der Waals surface area contributed by atoms with Crippen LogP contribution in [0.15, 0.2) is 0 Å². The number of aliphatic hydroxyl groups is 1. The zero-order chi connectivity index (χ0) is 16.1. The third kappa shape index (κ3) is 6.28. The fraction of sp³-hybridized carbons (Fsp3) is 0.947. The molecule has 2 rings (SSSR count). The topological polar surface area (TPSA) is 46.5 Å². The number of hydrogen-bond donors (Lipinski definition) is 1. The standard InChI is InChI=1S/C19H34O3/c1-18(11-12-18)9-5-3-7-16(20)8-4-6-10-19(13-14-19)15-17(21)22-2/h16,20H,3-15H2,1-2H3. The van der Waals surface area contributed by atoms with E-state index in [-0.39, 0.29) is 17.5 Å². The molecule has 0 aliphatic heterocycles. The lowest BCUT2D eigenvalue weighted by atomic mass is 9.93. The van der Waals surface area contributed by atoms with Gasteiger partial charge in [-0.15, -0.1) is 0 Å². The van der Waals surface area contributed by atoms with E-state index in [0.29, 0.717) is 11.8 Å². The highest BCUT2D eigenvalue weighted by Gasteiger charge is 2.43. The molecule has 1 N–H and O–H groups in total. The first kappa shape index (κ1) is 17.8. The molecular formula is C19H34O3. The molecule has 22 heavy (non-hydrogen) atoms. The largest absolute Gasteiger partial charge is 0.469 e. The lowest BCUT2D eigenvalue weighted by Gasteiger charge is -2.15. The first-order chi connectivity index (χ1) is 10.5. The van der Waals surface area contributed by atoms with Crippen LogP contribution in [0.2, 0.25) is 0 Å². The minimum atomic E-state index is -0.122. The van der Waals surface area contributed by atoms with Crippen molar-refractivity contribution in [1.29, 1.82) is 0 Å². The summed E-state index contributed by atoms with van der Waals surface area (Å²) >= 11 is 0. The third-order valence-corrected chi connectivity index (χ3v) is 5.87. The molecule has 1 atom stereocenters. The lowest BCUT2D eigenvalue weighted by Crippen LogP contribution is -2.11. The van der Waals surface area contributed by atoms with Crippen molar-refractivity contribution in [2.75, 3.05) is 7.11 Å². The Morgan fingerprint density at radius 3 is 2.14 bits per heavy atom. The van der Waals surface area contributed by atoms with Crippen molar-refractivity contribution in [2.45, 2.75) is 96.5 Å². The van der Waals surface area contributed by atoms with Gasteiger partial charge in [-0.2, -0.15) is 0 Å². The maximum absolute atomic E-state index is 11.4. The minimum Gasteiger partial charge on any atom is -0.469 e. The highest BCUT2D eigenvalue weighted by atomic mass is 16.5. The molecule has 0 heterocycles. The summed E-state index contributed by atoms with van der Waals surface area (Å²) in [5.41, 5.74) is 0.904. The van der Waals surface area contributed by atoms with Gasteiger partial charge in [0.2, 0.25) is 0 Å². The first-order valence-electron chi connectivity index (χ1n) is 9.22. The molecule has 0 aromatic rings. The summed E-state index contributed by atoms with van der Waals surface area (Å²) in [6, 6.07) is 0. The van der Waals surface area contributed by atoms with Crippen molar-refractivity contribution in [3.05, 3.63) is 0 Å². The average Bonchev–Trinajstić information content (AvgIpc) is 3.40. The summed E-state index contributed by atoms with van der Waals surface area (Å²) in [4.78, 5) is 11.4. The molecule has 0 aromatic carbocycles. The van der Waals surface area contributed by atoms with E-state index in [1.165, 1.54) is 52.1 Å². The Morgan fingerprint density at radius 2 is 1.64 bits per heavy atom. The van der Waals surface area contributed by atoms with Gasteiger partial charge in [0.25, 0.3) is 0 Å². The van der Waals surface area contributed by atoms with Gasteiger partial charge in [-0.3, -0.25) is 4.79 Å². The van der Waals surface area contributed by atoms with E-state index in [9.17, 15) is 9.90 Å². The quantitative estimate of drug-likeness (QED) is 0.423. The van der Waals surface area contributed by atoms with E-state index in [2.05, 4.69) is 6.92 Å². The molecule has 0 amide bonds. The molecule has 0 spiro atoms. The number of rotatable bonds is 12. The van der Waals surface area contributed by atoms with Gasteiger partial charge in [0, 0.05) is 0 Å². The molecule has 2 fully saturated rings. The van der Waals surface area contributed by atoms with Gasteiger partial charge >= 0.3 is 5.97 Å². The van der Waals surface area contributed by atoms with Crippen LogP contribution in [-0.4, -0.2) is 24.3 Å². The first-order valence-corrected chi connectivity index (χ1v) is 9.22. The van der Waals surface area contributed by atoms with Gasteiger partial charge in [-0.1, -0.05) is 32.6 Å². The van der Waals surface area contributed by atoms with Gasteiger partial charge in [0.05, 0.1) is 19.6 Å². The van der Waals surface area contributed by atoms with E-state index in [1.807, 2.05) is 0 Å². The van der Waals surface area contributed by atoms with E-state index in [0.717, 1.165) is 32.1 Å². The van der Waals surface area contributed by atoms with Crippen LogP contribution in [0.5, 0.6) is 0 Å². The molecule has 1 unspecified atom stereocenters. The highest BCUT2D eigenvalue weighted by Crippen LogP contribution is 2.53. The van der Waals surface area contributed by atoms with Crippen molar-refractivity contribution < 1.29 is 14.6 Å². The number of methoxy groups -OCH3 is 1. The van der Waals surface area contributed by atoms with Crippen molar-refractivity contribution in [3.8, 4) is 0 Å². The summed E-state index contributed by atoms with van der Waals surface area (Å²) in [5, 5.41) is 10.0. The Hall–Kier alpha value is -0.570. The van der Waals surface area contributed by atoms with Gasteiger partial charge < -0.3 is 9.84 Å². The minimum absolute atomic E-state index is 0.0677. The smallest absolute Gasteiger partial charge is 0.306 e. The van der Waals surface area contributed by atoms with Gasteiger partial charge in [-0.25, -0.2) is 0 Å². The number of ether oxygens (including phenoxy) is 1. The molecular weight excluding hydrogens is 276 g/mol. The summed E-state index contributed by atoms with van der Waals surface area (Å²) < 4.78 is 4.77. The number of unbranched alkanes of at least 4 members (excludes halogenated alkanes) is 2. The number of esters is 1. The monoisotopic (exact) mass is 310 g/mol. The molecule has 128 valence electrons. The second-order valence-electron chi connectivity index (χ2n) is 8.21. The van der Waals surface area contributed by atoms with Crippen molar-refractivity contribution in [3.63, 3.8) is 0 Å². The average molecular weight is 310 g/mol. The zero-order valence-electron chi connectivity index (χ0n) is 14.5. The van der Waals surface area contributed by atoms with E-state index in [1.54, 1.807) is 0 Å². The van der Waals surface area contributed by atoms with Crippen LogP contribution < -0.4 is 0 Å². The fourth-order valence-corrected chi connectivity index (χ4v) is 3.49. The maximum Gasteiger partial charge on any atom is 0.306 e. The number of hydrogen-bond acceptors (Lipinski definition) is 3. The van der Waals surface area contributed by atoms with Gasteiger partial charge in [0.15, 0.2) is 0 Å². The van der Waals surface area contributed by atoms with Crippen molar-refractivity contribution in [2.24, 2.45) is 10.8 Å². The summed E-state index contributed by atoms with van der Waals surface area (Å²) in [5.74, 6) is -0.0677. The Morgan fingerprint density at radius 1 is 1.05 bits per heavy atom. The van der Waals surface area contributed by atoms with Crippen LogP contribution in [0.4, 0.5) is 0 Å². The Labute approximate surface area is 135 Å². The Kier molecular flexibility index (Phi) is 6.31. The van der Waals surface area contributed by atoms with Crippen LogP contribution in [0.1, 0.15) is 90.4 Å². The fourth-order valence-electron chi connectivity index (χ4n) is 3.49. The molecule has 0 bridgehead atoms. The summed E-state index contributed by atoms with van der Waals surface area (Å²) in [6.07, 6.45) is 14.6. The number of aliphatic hydroxyl groups excluding tert-OH is 1. The van der Waals surface area contributed by atoms with Crippen molar-refractivity contribution >= 4 is 5.97 Å². The molecule has 2 saturated carbocycles. The molecule has 3 nitrogen and oxygen atoms in total. The second kappa shape index (κ2) is 7.81. The lowest BCUT2D eigenvalue weighted by molar-refractivity contribution is -0.142. The van der Waals surface area contributed by atoms with Crippen LogP contribution in [0.25, 0.3) is 0 Å². The number of carbonyl (C=O) groups excluding carboxylic acids is 1. The molecule has 2 aliphatic carbocycles. The van der Waals surface area contributed by atoms with E-state index in [4.69, 9.17) is 4.74 Å². The molecule has 3 heteroatoms. The third-order valence-electron chi connectivity index (χ3n) is 5.87. The molecule has 0 saturated heterocycles. The highest BCUT2D eigenvalue weighted by molar-refractivity contribution is 5.70.